The average molecular weight is 256 g/mol. The van der Waals surface area contributed by atoms with Crippen LogP contribution in [0.4, 0.5) is 10.2 Å². The van der Waals surface area contributed by atoms with Gasteiger partial charge in [-0.25, -0.2) is 9.37 Å². The number of benzene rings is 1. The average Bonchev–Trinajstić information content (AvgIpc) is 2.89. The van der Waals surface area contributed by atoms with E-state index in [0.29, 0.717) is 22.8 Å². The third-order valence-corrected chi connectivity index (χ3v) is 2.60. The van der Waals surface area contributed by atoms with E-state index in [-0.39, 0.29) is 11.7 Å². The molecule has 2 N–H and O–H groups in total. The quantitative estimate of drug-likeness (QED) is 0.762. The molecule has 0 spiro atoms. The van der Waals surface area contributed by atoms with Crippen molar-refractivity contribution in [3.8, 4) is 22.8 Å². The Kier molecular flexibility index (Phi) is 2.68. The molecular weight excluding hydrogens is 247 g/mol. The van der Waals surface area contributed by atoms with Crippen LogP contribution in [-0.2, 0) is 0 Å². The lowest BCUT2D eigenvalue weighted by Gasteiger charge is -1.96. The number of nitrogens with zero attached hydrogens (tertiary/aromatic N) is 3. The number of nitrogen functional groups attached to an aromatic ring is 1. The van der Waals surface area contributed by atoms with Gasteiger partial charge in [0.1, 0.15) is 11.6 Å². The van der Waals surface area contributed by atoms with Gasteiger partial charge in [-0.2, -0.15) is 4.98 Å². The summed E-state index contributed by atoms with van der Waals surface area (Å²) >= 11 is 0. The summed E-state index contributed by atoms with van der Waals surface area (Å²) in [5.74, 6) is 0.656. The Morgan fingerprint density at radius 1 is 1.11 bits per heavy atom. The molecule has 0 saturated heterocycles. The molecule has 0 unspecified atom stereocenters. The van der Waals surface area contributed by atoms with Crippen molar-refractivity contribution in [3.05, 3.63) is 48.4 Å². The minimum atomic E-state index is -0.316. The van der Waals surface area contributed by atoms with Gasteiger partial charge in [0.15, 0.2) is 0 Å². The number of anilines is 1. The monoisotopic (exact) mass is 256 g/mol. The Labute approximate surface area is 107 Å². The third kappa shape index (κ3) is 2.15. The van der Waals surface area contributed by atoms with Crippen molar-refractivity contribution in [2.45, 2.75) is 0 Å². The van der Waals surface area contributed by atoms with Crippen molar-refractivity contribution in [1.82, 2.24) is 15.1 Å². The van der Waals surface area contributed by atoms with Crippen molar-refractivity contribution in [2.24, 2.45) is 0 Å². The molecule has 0 bridgehead atoms. The van der Waals surface area contributed by atoms with Gasteiger partial charge < -0.3 is 10.3 Å². The highest BCUT2D eigenvalue weighted by molar-refractivity contribution is 5.68. The SMILES string of the molecule is Nc1ncccc1-c1nc(-c2ccc(F)cc2)no1. The van der Waals surface area contributed by atoms with E-state index in [0.717, 1.165) is 0 Å². The molecule has 0 fully saturated rings. The topological polar surface area (TPSA) is 77.8 Å². The van der Waals surface area contributed by atoms with Crippen LogP contribution in [0, 0.1) is 5.82 Å². The third-order valence-electron chi connectivity index (χ3n) is 2.60. The van der Waals surface area contributed by atoms with E-state index in [1.54, 1.807) is 30.5 Å². The Bertz CT molecular complexity index is 709. The van der Waals surface area contributed by atoms with Gasteiger partial charge in [0.05, 0.1) is 5.56 Å². The lowest BCUT2D eigenvalue weighted by Crippen LogP contribution is -1.92. The van der Waals surface area contributed by atoms with Crippen molar-refractivity contribution in [1.29, 1.82) is 0 Å². The maximum absolute atomic E-state index is 12.8. The molecule has 0 radical (unpaired) electrons. The van der Waals surface area contributed by atoms with Crippen LogP contribution < -0.4 is 5.73 Å². The van der Waals surface area contributed by atoms with Crippen molar-refractivity contribution in [2.75, 3.05) is 5.73 Å². The minimum absolute atomic E-state index is 0.282. The van der Waals surface area contributed by atoms with Crippen LogP contribution in [0.15, 0.2) is 47.1 Å². The van der Waals surface area contributed by atoms with Crippen molar-refractivity contribution >= 4 is 5.82 Å². The number of hydrogen-bond acceptors (Lipinski definition) is 5. The second-order valence-electron chi connectivity index (χ2n) is 3.87. The smallest absolute Gasteiger partial charge is 0.261 e. The summed E-state index contributed by atoms with van der Waals surface area (Å²) < 4.78 is 18.0. The number of rotatable bonds is 2. The van der Waals surface area contributed by atoms with Crippen LogP contribution in [0.1, 0.15) is 0 Å². The van der Waals surface area contributed by atoms with Gasteiger partial charge in [0.2, 0.25) is 5.82 Å². The van der Waals surface area contributed by atoms with Crippen LogP contribution in [0.3, 0.4) is 0 Å². The standard InChI is InChI=1S/C13H9FN4O/c14-9-5-3-8(4-6-9)12-17-13(19-18-12)10-2-1-7-16-11(10)15/h1-7H,(H2,15,16). The van der Waals surface area contributed by atoms with E-state index in [1.807, 2.05) is 0 Å². The van der Waals surface area contributed by atoms with Gasteiger partial charge in [0, 0.05) is 11.8 Å². The van der Waals surface area contributed by atoms with E-state index in [9.17, 15) is 4.39 Å². The summed E-state index contributed by atoms with van der Waals surface area (Å²) in [5, 5.41) is 3.84. The first kappa shape index (κ1) is 11.3. The lowest BCUT2D eigenvalue weighted by molar-refractivity contribution is 0.432. The first-order chi connectivity index (χ1) is 9.24. The number of pyridine rings is 1. The molecule has 0 aliphatic heterocycles. The van der Waals surface area contributed by atoms with Gasteiger partial charge in [-0.05, 0) is 36.4 Å². The maximum Gasteiger partial charge on any atom is 0.261 e. The highest BCUT2D eigenvalue weighted by atomic mass is 19.1. The fraction of sp³-hybridized carbons (Fsp3) is 0. The molecular formula is C13H9FN4O. The van der Waals surface area contributed by atoms with Crippen LogP contribution in [-0.4, -0.2) is 15.1 Å². The Hall–Kier alpha value is -2.76. The Balaban J connectivity index is 2.00. The van der Waals surface area contributed by atoms with Gasteiger partial charge in [-0.1, -0.05) is 5.16 Å². The van der Waals surface area contributed by atoms with E-state index in [1.165, 1.54) is 12.1 Å². The molecule has 0 amide bonds. The van der Waals surface area contributed by atoms with Crippen molar-refractivity contribution in [3.63, 3.8) is 0 Å². The predicted octanol–water partition coefficient (Wildman–Crippen LogP) is 2.52. The fourth-order valence-corrected chi connectivity index (χ4v) is 1.65. The summed E-state index contributed by atoms with van der Waals surface area (Å²) in [4.78, 5) is 8.17. The Morgan fingerprint density at radius 3 is 2.63 bits per heavy atom. The van der Waals surface area contributed by atoms with Crippen LogP contribution in [0.2, 0.25) is 0 Å². The molecule has 0 aliphatic rings. The van der Waals surface area contributed by atoms with Gasteiger partial charge in [-0.3, -0.25) is 0 Å². The van der Waals surface area contributed by atoms with E-state index >= 15 is 0 Å². The molecule has 5 nitrogen and oxygen atoms in total. The molecule has 1 aromatic carbocycles. The molecule has 3 rings (SSSR count). The number of aromatic nitrogens is 3. The van der Waals surface area contributed by atoms with Crippen LogP contribution >= 0.6 is 0 Å². The van der Waals surface area contributed by atoms with Gasteiger partial charge in [-0.15, -0.1) is 0 Å². The molecule has 94 valence electrons. The van der Waals surface area contributed by atoms with E-state index in [4.69, 9.17) is 10.3 Å². The molecule has 0 aliphatic carbocycles. The summed E-state index contributed by atoms with van der Waals surface area (Å²) in [6, 6.07) is 9.30. The van der Waals surface area contributed by atoms with E-state index in [2.05, 4.69) is 15.1 Å². The van der Waals surface area contributed by atoms with E-state index < -0.39 is 0 Å². The first-order valence-electron chi connectivity index (χ1n) is 5.54. The zero-order valence-electron chi connectivity index (χ0n) is 9.75. The molecule has 0 atom stereocenters. The van der Waals surface area contributed by atoms with Gasteiger partial charge in [0.25, 0.3) is 5.89 Å². The minimum Gasteiger partial charge on any atom is -0.383 e. The first-order valence-corrected chi connectivity index (χ1v) is 5.54. The molecule has 19 heavy (non-hydrogen) atoms. The summed E-state index contributed by atoms with van der Waals surface area (Å²) in [6.45, 7) is 0. The highest BCUT2D eigenvalue weighted by Crippen LogP contribution is 2.25. The number of hydrogen-bond donors (Lipinski definition) is 1. The maximum atomic E-state index is 12.8. The Morgan fingerprint density at radius 2 is 1.89 bits per heavy atom. The second kappa shape index (κ2) is 4.49. The normalized spacial score (nSPS) is 10.6. The summed E-state index contributed by atoms with van der Waals surface area (Å²) in [7, 11) is 0. The fourth-order valence-electron chi connectivity index (χ4n) is 1.65. The van der Waals surface area contributed by atoms with Gasteiger partial charge >= 0.3 is 0 Å². The largest absolute Gasteiger partial charge is 0.383 e. The predicted molar refractivity (Wildman–Crippen MR) is 67.3 cm³/mol. The lowest BCUT2D eigenvalue weighted by atomic mass is 10.2. The molecule has 6 heteroatoms. The zero-order valence-corrected chi connectivity index (χ0v) is 9.75. The van der Waals surface area contributed by atoms with Crippen molar-refractivity contribution < 1.29 is 8.91 Å². The zero-order chi connectivity index (χ0) is 13.2. The number of halogens is 1. The molecule has 3 aromatic rings. The molecule has 0 saturated carbocycles. The second-order valence-corrected chi connectivity index (χ2v) is 3.87. The summed E-state index contributed by atoms with van der Waals surface area (Å²) in [6.07, 6.45) is 1.58. The molecule has 2 heterocycles. The highest BCUT2D eigenvalue weighted by Gasteiger charge is 2.13. The number of nitrogens with two attached hydrogens (primary N) is 1. The van der Waals surface area contributed by atoms with Crippen LogP contribution in [0.25, 0.3) is 22.8 Å². The summed E-state index contributed by atoms with van der Waals surface area (Å²) in [5.41, 5.74) is 6.97. The van der Waals surface area contributed by atoms with Crippen LogP contribution in [0.5, 0.6) is 0 Å². The molecule has 2 aromatic heterocycles.